The molecule has 2 fully saturated rings. The maximum absolute atomic E-state index is 14.2. The van der Waals surface area contributed by atoms with E-state index in [1.54, 1.807) is 27.7 Å². The lowest BCUT2D eigenvalue weighted by molar-refractivity contribution is -0.149. The first-order valence-corrected chi connectivity index (χ1v) is 18.7. The lowest BCUT2D eigenvalue weighted by atomic mass is 9.96. The molecule has 0 unspecified atom stereocenters. The molecule has 20 heteroatoms. The molecule has 2 aliphatic rings. The third-order valence-corrected chi connectivity index (χ3v) is 9.90. The number of hydrogen-bond acceptors (Lipinski definition) is 11. The van der Waals surface area contributed by atoms with Gasteiger partial charge in [0.25, 0.3) is 0 Å². The van der Waals surface area contributed by atoms with E-state index in [2.05, 4.69) is 21.3 Å². The molecule has 9 atom stereocenters. The highest BCUT2D eigenvalue weighted by Gasteiger charge is 2.45. The zero-order valence-electron chi connectivity index (χ0n) is 32.2. The number of aliphatic hydroxyl groups is 1. The third kappa shape index (κ3) is 13.4. The van der Waals surface area contributed by atoms with Crippen LogP contribution in [-0.4, -0.2) is 135 Å². The highest BCUT2D eigenvalue weighted by atomic mass is 16.4. The summed E-state index contributed by atoms with van der Waals surface area (Å²) in [5.41, 5.74) is 16.3. The second kappa shape index (κ2) is 21.3. The normalized spacial score (nSPS) is 20.7. The monoisotopic (exact) mass is 781 g/mol. The van der Waals surface area contributed by atoms with Gasteiger partial charge in [-0.25, -0.2) is 4.79 Å². The van der Waals surface area contributed by atoms with E-state index in [-0.39, 0.29) is 51.1 Å². The minimum atomic E-state index is -1.61. The molecule has 0 aromatic heterocycles. The number of aliphatic hydroxyl groups excluding tert-OH is 1. The van der Waals surface area contributed by atoms with Crippen LogP contribution in [0.1, 0.15) is 92.4 Å². The van der Waals surface area contributed by atoms with Gasteiger partial charge in [0.15, 0.2) is 6.04 Å². The first-order chi connectivity index (χ1) is 25.7. The number of rotatable bonds is 21. The minimum absolute atomic E-state index is 0.0996. The van der Waals surface area contributed by atoms with E-state index < -0.39 is 114 Å². The van der Waals surface area contributed by atoms with Crippen molar-refractivity contribution in [2.45, 2.75) is 141 Å². The van der Waals surface area contributed by atoms with Crippen molar-refractivity contribution < 1.29 is 53.4 Å². The molecule has 2 saturated heterocycles. The smallest absolute Gasteiger partial charge is 0.328 e. The highest BCUT2D eigenvalue weighted by molar-refractivity contribution is 5.98. The van der Waals surface area contributed by atoms with E-state index >= 15 is 0 Å². The van der Waals surface area contributed by atoms with Gasteiger partial charge in [0.1, 0.15) is 30.2 Å². The number of carboxylic acids is 1. The van der Waals surface area contributed by atoms with Gasteiger partial charge in [0, 0.05) is 19.5 Å². The van der Waals surface area contributed by atoms with Crippen molar-refractivity contribution in [2.75, 3.05) is 13.1 Å². The van der Waals surface area contributed by atoms with Gasteiger partial charge in [0.05, 0.1) is 18.6 Å². The molecule has 20 nitrogen and oxygen atoms in total. The summed E-state index contributed by atoms with van der Waals surface area (Å²) in [7, 11) is 0. The van der Waals surface area contributed by atoms with Crippen molar-refractivity contribution in [3.63, 3.8) is 0 Å². The molecule has 2 rings (SSSR count). The molecule has 0 aromatic carbocycles. The van der Waals surface area contributed by atoms with Gasteiger partial charge < -0.3 is 58.5 Å². The summed E-state index contributed by atoms with van der Waals surface area (Å²) in [6.07, 6.45) is -0.338. The van der Waals surface area contributed by atoms with E-state index in [4.69, 9.17) is 17.2 Å². The number of likely N-dealkylation sites (tertiary alicyclic amines) is 2. The molecule has 55 heavy (non-hydrogen) atoms. The van der Waals surface area contributed by atoms with Crippen LogP contribution in [0.5, 0.6) is 0 Å². The van der Waals surface area contributed by atoms with Crippen molar-refractivity contribution in [3.8, 4) is 0 Å². The maximum atomic E-state index is 14.2. The number of nitrogens with zero attached hydrogens (tertiary/aromatic N) is 2. The molecule has 0 bridgehead atoms. The number of carbonyl (C=O) groups excluding carboxylic acids is 8. The molecular weight excluding hydrogens is 722 g/mol. The van der Waals surface area contributed by atoms with Crippen molar-refractivity contribution in [2.24, 2.45) is 29.0 Å². The highest BCUT2D eigenvalue weighted by Crippen LogP contribution is 2.27. The van der Waals surface area contributed by atoms with Crippen molar-refractivity contribution in [1.82, 2.24) is 31.1 Å². The van der Waals surface area contributed by atoms with Crippen LogP contribution in [0.15, 0.2) is 0 Å². The molecule has 0 saturated carbocycles. The second-order valence-electron chi connectivity index (χ2n) is 14.9. The minimum Gasteiger partial charge on any atom is -0.480 e. The number of amides is 8. The van der Waals surface area contributed by atoms with Crippen LogP contribution in [0.2, 0.25) is 0 Å². The number of primary amides is 2. The third-order valence-electron chi connectivity index (χ3n) is 9.90. The van der Waals surface area contributed by atoms with Gasteiger partial charge in [-0.3, -0.25) is 38.4 Å². The molecule has 0 radical (unpaired) electrons. The first kappa shape index (κ1) is 46.3. The molecule has 0 spiro atoms. The van der Waals surface area contributed by atoms with E-state index in [0.29, 0.717) is 19.3 Å². The number of hydrogen-bond donors (Lipinski definition) is 9. The molecule has 2 heterocycles. The fourth-order valence-electron chi connectivity index (χ4n) is 6.63. The van der Waals surface area contributed by atoms with Crippen LogP contribution >= 0.6 is 0 Å². The Morgan fingerprint density at radius 3 is 1.84 bits per heavy atom. The summed E-state index contributed by atoms with van der Waals surface area (Å²) < 4.78 is 0. The van der Waals surface area contributed by atoms with Crippen molar-refractivity contribution in [3.05, 3.63) is 0 Å². The summed E-state index contributed by atoms with van der Waals surface area (Å²) in [4.78, 5) is 119. The Bertz CT molecular complexity index is 1440. The Labute approximate surface area is 320 Å². The number of carbonyl (C=O) groups is 9. The van der Waals surface area contributed by atoms with Gasteiger partial charge in [-0.05, 0) is 57.3 Å². The zero-order chi connectivity index (χ0) is 41.7. The number of carboxylic acid groups (broad SMARTS) is 1. The summed E-state index contributed by atoms with van der Waals surface area (Å²) in [6.45, 7) is 8.69. The zero-order valence-corrected chi connectivity index (χ0v) is 32.2. The van der Waals surface area contributed by atoms with Crippen LogP contribution in [0, 0.1) is 11.8 Å². The maximum Gasteiger partial charge on any atom is 0.328 e. The molecule has 310 valence electrons. The molecule has 8 amide bonds. The van der Waals surface area contributed by atoms with E-state index in [1.165, 1.54) is 16.7 Å². The fraction of sp³-hybridized carbons (Fsp3) is 0.743. The lowest BCUT2D eigenvalue weighted by Gasteiger charge is -2.35. The van der Waals surface area contributed by atoms with Gasteiger partial charge in [-0.15, -0.1) is 0 Å². The van der Waals surface area contributed by atoms with Crippen LogP contribution < -0.4 is 38.5 Å². The summed E-state index contributed by atoms with van der Waals surface area (Å²) in [5.74, 6) is -7.89. The van der Waals surface area contributed by atoms with Gasteiger partial charge >= 0.3 is 5.97 Å². The van der Waals surface area contributed by atoms with Crippen LogP contribution in [0.25, 0.3) is 0 Å². The van der Waals surface area contributed by atoms with Crippen LogP contribution in [-0.2, 0) is 43.2 Å². The number of nitrogens with two attached hydrogens (primary N) is 3. The molecular formula is C35H59N9O11. The SMILES string of the molecule is CC[C@H](C)[C@H](NC(=O)[C@H](CC(N)=O)NC(=O)[C@@H](N)CCC(N)=O)C(=O)N1CCC[C@H]1C(=O)N1CCC[C@H]1C(=O)N[C@@H](CC(C)C)C(=O)N[C@H](C(=O)O)[C@@H](C)O. The lowest BCUT2D eigenvalue weighted by Crippen LogP contribution is -2.60. The topological polar surface area (TPSA) is 327 Å². The summed E-state index contributed by atoms with van der Waals surface area (Å²) >= 11 is 0. The average Bonchev–Trinajstić information content (AvgIpc) is 3.80. The average molecular weight is 782 g/mol. The quantitative estimate of drug-likeness (QED) is 0.0561. The first-order valence-electron chi connectivity index (χ1n) is 18.7. The van der Waals surface area contributed by atoms with Crippen LogP contribution in [0.4, 0.5) is 0 Å². The second-order valence-corrected chi connectivity index (χ2v) is 14.9. The Hall–Kier alpha value is -4.85. The van der Waals surface area contributed by atoms with Crippen molar-refractivity contribution in [1.29, 1.82) is 0 Å². The molecule has 0 aromatic rings. The van der Waals surface area contributed by atoms with E-state index in [1.807, 2.05) is 0 Å². The predicted molar refractivity (Wildman–Crippen MR) is 196 cm³/mol. The van der Waals surface area contributed by atoms with Gasteiger partial charge in [-0.2, -0.15) is 0 Å². The Morgan fingerprint density at radius 2 is 1.31 bits per heavy atom. The van der Waals surface area contributed by atoms with Crippen LogP contribution in [0.3, 0.4) is 0 Å². The van der Waals surface area contributed by atoms with Crippen molar-refractivity contribution >= 4 is 53.2 Å². The van der Waals surface area contributed by atoms with Gasteiger partial charge in [0.2, 0.25) is 47.3 Å². The fourth-order valence-corrected chi connectivity index (χ4v) is 6.63. The van der Waals surface area contributed by atoms with Gasteiger partial charge in [-0.1, -0.05) is 34.1 Å². The summed E-state index contributed by atoms with van der Waals surface area (Å²) in [5, 5.41) is 29.2. The van der Waals surface area contributed by atoms with E-state index in [0.717, 1.165) is 0 Å². The van der Waals surface area contributed by atoms with E-state index in [9.17, 15) is 53.4 Å². The predicted octanol–water partition coefficient (Wildman–Crippen LogP) is -3.07. The largest absolute Gasteiger partial charge is 0.480 e. The number of nitrogens with one attached hydrogen (secondary N) is 4. The molecule has 0 aliphatic carbocycles. The standard InChI is InChI=1S/C35H59N9O11/c1-6-18(4)27(41-31(50)22(16-26(38)47)39-29(48)20(36)11-12-25(37)46)34(53)44-14-8-10-24(44)33(52)43-13-7-9-23(43)32(51)40-21(15-17(2)3)30(49)42-28(19(5)45)35(54)55/h17-24,27-28,45H,6-16,36H2,1-5H3,(H2,37,46)(H2,38,47)(H,39,48)(H,40,51)(H,41,50)(H,42,49)(H,54,55)/t18-,19+,20-,21-,22-,23-,24-,27-,28-/m0/s1. The Kier molecular flexibility index (Phi) is 17.9. The Balaban J connectivity index is 2.26. The molecule has 2 aliphatic heterocycles. The molecule has 12 N–H and O–H groups in total. The number of aliphatic carboxylic acids is 1. The summed E-state index contributed by atoms with van der Waals surface area (Å²) in [6, 6.07) is -8.66. The Morgan fingerprint density at radius 1 is 0.745 bits per heavy atom.